The number of aryl methyl sites for hydroxylation is 1. The maximum atomic E-state index is 12.8. The maximum absolute atomic E-state index is 12.8. The molecule has 5 heteroatoms. The highest BCUT2D eigenvalue weighted by atomic mass is 16.3. The third-order valence-electron chi connectivity index (χ3n) is 7.14. The Hall–Kier alpha value is -2.99. The topological polar surface area (TPSA) is 72.8 Å². The summed E-state index contributed by atoms with van der Waals surface area (Å²) in [6, 6.07) is 20.4. The molecule has 0 spiro atoms. The molecule has 1 aliphatic heterocycles. The summed E-state index contributed by atoms with van der Waals surface area (Å²) >= 11 is 0. The lowest BCUT2D eigenvalue weighted by atomic mass is 9.99. The molecule has 0 amide bonds. The van der Waals surface area contributed by atoms with Crippen molar-refractivity contribution in [1.29, 1.82) is 0 Å². The molecule has 1 heterocycles. The predicted molar refractivity (Wildman–Crippen MR) is 135 cm³/mol. The lowest BCUT2D eigenvalue weighted by molar-refractivity contribution is -0.119. The van der Waals surface area contributed by atoms with Gasteiger partial charge in [-0.3, -0.25) is 9.69 Å². The maximum Gasteiger partial charge on any atom is 0.151 e. The standard InChI is InChI=1S/C29H32N2O3/c1-19-6-9-28(21(14-19)18-32)30-22-10-12-31(13-11-22)17-23(33)15-20-7-8-26-27(16-20)24-4-2-3-5-25(24)29(26)34/h2-9,14,16,22,29-30,32,34H,10-13,15,17-18H2,1H3. The van der Waals surface area contributed by atoms with E-state index in [1.54, 1.807) is 0 Å². The van der Waals surface area contributed by atoms with Crippen LogP contribution in [0.2, 0.25) is 0 Å². The van der Waals surface area contributed by atoms with Crippen molar-refractivity contribution in [3.05, 3.63) is 88.5 Å². The van der Waals surface area contributed by atoms with Gasteiger partial charge in [-0.25, -0.2) is 0 Å². The Labute approximate surface area is 201 Å². The largest absolute Gasteiger partial charge is 0.392 e. The first kappa shape index (κ1) is 22.8. The van der Waals surface area contributed by atoms with Crippen LogP contribution in [-0.4, -0.2) is 46.6 Å². The first-order valence-corrected chi connectivity index (χ1v) is 12.1. The van der Waals surface area contributed by atoms with Gasteiger partial charge >= 0.3 is 0 Å². The van der Waals surface area contributed by atoms with Gasteiger partial charge in [0.25, 0.3) is 0 Å². The van der Waals surface area contributed by atoms with Gasteiger partial charge in [-0.05, 0) is 53.6 Å². The highest BCUT2D eigenvalue weighted by Gasteiger charge is 2.27. The van der Waals surface area contributed by atoms with Crippen LogP contribution in [0.5, 0.6) is 0 Å². The Balaban J connectivity index is 1.15. The van der Waals surface area contributed by atoms with E-state index in [2.05, 4.69) is 22.3 Å². The number of anilines is 1. The van der Waals surface area contributed by atoms with Gasteiger partial charge in [0.15, 0.2) is 5.78 Å². The fourth-order valence-electron chi connectivity index (χ4n) is 5.32. The Morgan fingerprint density at radius 1 is 1.00 bits per heavy atom. The first-order chi connectivity index (χ1) is 16.5. The van der Waals surface area contributed by atoms with Crippen LogP contribution in [0.3, 0.4) is 0 Å². The number of Topliss-reactive ketones (excluding diaryl/α,β-unsaturated/α-hetero) is 1. The van der Waals surface area contributed by atoms with Crippen LogP contribution in [0.15, 0.2) is 60.7 Å². The third-order valence-corrected chi connectivity index (χ3v) is 7.14. The zero-order chi connectivity index (χ0) is 23.7. The number of aliphatic hydroxyl groups is 2. The van der Waals surface area contributed by atoms with E-state index in [1.165, 1.54) is 0 Å². The number of fused-ring (bicyclic) bond motifs is 3. The van der Waals surface area contributed by atoms with Crippen LogP contribution in [0.1, 0.15) is 46.8 Å². The molecule has 5 rings (SSSR count). The summed E-state index contributed by atoms with van der Waals surface area (Å²) in [5.74, 6) is 0.222. The highest BCUT2D eigenvalue weighted by Crippen LogP contribution is 2.43. The van der Waals surface area contributed by atoms with Crippen LogP contribution in [-0.2, 0) is 17.8 Å². The van der Waals surface area contributed by atoms with E-state index in [0.29, 0.717) is 19.0 Å². The number of hydrogen-bond donors (Lipinski definition) is 3. The van der Waals surface area contributed by atoms with Crippen LogP contribution in [0.25, 0.3) is 11.1 Å². The molecule has 1 atom stereocenters. The van der Waals surface area contributed by atoms with Crippen molar-refractivity contribution in [1.82, 2.24) is 4.90 Å². The Morgan fingerprint density at radius 2 is 1.76 bits per heavy atom. The molecule has 0 bridgehead atoms. The second-order valence-corrected chi connectivity index (χ2v) is 9.64. The molecule has 3 aromatic rings. The number of rotatable bonds is 7. The number of nitrogens with one attached hydrogen (secondary N) is 1. The lowest BCUT2D eigenvalue weighted by Crippen LogP contribution is -2.41. The summed E-state index contributed by atoms with van der Waals surface area (Å²) < 4.78 is 0. The van der Waals surface area contributed by atoms with E-state index in [-0.39, 0.29) is 12.4 Å². The quantitative estimate of drug-likeness (QED) is 0.496. The molecule has 1 aliphatic carbocycles. The number of carbonyl (C=O) groups excluding carboxylic acids is 1. The predicted octanol–water partition coefficient (Wildman–Crippen LogP) is 4.24. The van der Waals surface area contributed by atoms with Crippen molar-refractivity contribution >= 4 is 11.5 Å². The number of likely N-dealkylation sites (tertiary alicyclic amines) is 1. The molecule has 3 N–H and O–H groups in total. The number of ketones is 1. The molecule has 2 aliphatic rings. The Morgan fingerprint density at radius 3 is 2.56 bits per heavy atom. The summed E-state index contributed by atoms with van der Waals surface area (Å²) in [5.41, 5.74) is 8.05. The molecule has 1 fully saturated rings. The number of nitrogens with zero attached hydrogens (tertiary/aromatic N) is 1. The zero-order valence-electron chi connectivity index (χ0n) is 19.6. The van der Waals surface area contributed by atoms with Crippen molar-refractivity contribution < 1.29 is 15.0 Å². The summed E-state index contributed by atoms with van der Waals surface area (Å²) in [4.78, 5) is 15.1. The third kappa shape index (κ3) is 4.64. The molecule has 34 heavy (non-hydrogen) atoms. The minimum atomic E-state index is -0.584. The van der Waals surface area contributed by atoms with E-state index in [4.69, 9.17) is 0 Å². The summed E-state index contributed by atoms with van der Waals surface area (Å²) in [7, 11) is 0. The minimum Gasteiger partial charge on any atom is -0.392 e. The average molecular weight is 457 g/mol. The molecule has 0 radical (unpaired) electrons. The second-order valence-electron chi connectivity index (χ2n) is 9.64. The molecule has 1 saturated heterocycles. The number of piperidine rings is 1. The molecule has 176 valence electrons. The van der Waals surface area contributed by atoms with Gasteiger partial charge < -0.3 is 15.5 Å². The fourth-order valence-corrected chi connectivity index (χ4v) is 5.32. The monoisotopic (exact) mass is 456 g/mol. The van der Waals surface area contributed by atoms with E-state index >= 15 is 0 Å². The summed E-state index contributed by atoms with van der Waals surface area (Å²) in [6.45, 7) is 4.30. The van der Waals surface area contributed by atoms with Crippen LogP contribution < -0.4 is 5.32 Å². The van der Waals surface area contributed by atoms with Gasteiger partial charge in [0.2, 0.25) is 0 Å². The Kier molecular flexibility index (Phi) is 6.50. The normalized spacial score (nSPS) is 17.9. The van der Waals surface area contributed by atoms with Crippen LogP contribution in [0, 0.1) is 6.92 Å². The van der Waals surface area contributed by atoms with Crippen LogP contribution in [0.4, 0.5) is 5.69 Å². The molecule has 5 nitrogen and oxygen atoms in total. The summed E-state index contributed by atoms with van der Waals surface area (Å²) in [5, 5.41) is 23.8. The molecular formula is C29H32N2O3. The van der Waals surface area contributed by atoms with Gasteiger partial charge in [-0.2, -0.15) is 0 Å². The van der Waals surface area contributed by atoms with E-state index in [9.17, 15) is 15.0 Å². The molecule has 0 aromatic heterocycles. The van der Waals surface area contributed by atoms with Crippen molar-refractivity contribution in [3.63, 3.8) is 0 Å². The molecular weight excluding hydrogens is 424 g/mol. The van der Waals surface area contributed by atoms with Gasteiger partial charge in [-0.1, -0.05) is 60.2 Å². The number of carbonyl (C=O) groups is 1. The van der Waals surface area contributed by atoms with Gasteiger partial charge in [0, 0.05) is 36.8 Å². The van der Waals surface area contributed by atoms with Crippen molar-refractivity contribution in [2.24, 2.45) is 0 Å². The van der Waals surface area contributed by atoms with E-state index < -0.39 is 6.10 Å². The van der Waals surface area contributed by atoms with Crippen LogP contribution >= 0.6 is 0 Å². The number of aliphatic hydroxyl groups excluding tert-OH is 2. The smallest absolute Gasteiger partial charge is 0.151 e. The second kappa shape index (κ2) is 9.71. The SMILES string of the molecule is Cc1ccc(NC2CCN(CC(=O)Cc3ccc4c(c3)-c3ccccc3C4O)CC2)c(CO)c1. The van der Waals surface area contributed by atoms with Crippen molar-refractivity contribution in [2.45, 2.75) is 44.9 Å². The highest BCUT2D eigenvalue weighted by molar-refractivity contribution is 5.84. The molecule has 1 unspecified atom stereocenters. The van der Waals surface area contributed by atoms with Gasteiger partial charge in [0.1, 0.15) is 6.10 Å². The Bertz CT molecular complexity index is 1200. The number of hydrogen-bond acceptors (Lipinski definition) is 5. The molecule has 0 saturated carbocycles. The van der Waals surface area contributed by atoms with Crippen molar-refractivity contribution in [3.8, 4) is 11.1 Å². The minimum absolute atomic E-state index is 0.0323. The van der Waals surface area contributed by atoms with Gasteiger partial charge in [-0.15, -0.1) is 0 Å². The van der Waals surface area contributed by atoms with E-state index in [1.807, 2.05) is 55.5 Å². The average Bonchev–Trinajstić information content (AvgIpc) is 3.13. The van der Waals surface area contributed by atoms with Gasteiger partial charge in [0.05, 0.1) is 13.2 Å². The molecule has 3 aromatic carbocycles. The van der Waals surface area contributed by atoms with E-state index in [0.717, 1.165) is 70.6 Å². The van der Waals surface area contributed by atoms with Crippen molar-refractivity contribution in [2.75, 3.05) is 25.0 Å². The zero-order valence-corrected chi connectivity index (χ0v) is 19.6. The number of benzene rings is 3. The fraction of sp³-hybridized carbons (Fsp3) is 0.345. The lowest BCUT2D eigenvalue weighted by Gasteiger charge is -2.32. The summed E-state index contributed by atoms with van der Waals surface area (Å²) in [6.07, 6.45) is 1.77. The first-order valence-electron chi connectivity index (χ1n) is 12.1.